The van der Waals surface area contributed by atoms with Crippen LogP contribution in [0.25, 0.3) is 0 Å². The summed E-state index contributed by atoms with van der Waals surface area (Å²) in [6.07, 6.45) is 3.62. The Balaban J connectivity index is 1.48. The zero-order chi connectivity index (χ0) is 27.7. The van der Waals surface area contributed by atoms with Crippen molar-refractivity contribution in [2.45, 2.75) is 70.4 Å². The first-order chi connectivity index (χ1) is 18.6. The lowest BCUT2D eigenvalue weighted by molar-refractivity contribution is -0.138. The van der Waals surface area contributed by atoms with Gasteiger partial charge in [-0.3, -0.25) is 9.59 Å². The molecule has 2 atom stereocenters. The third kappa shape index (κ3) is 5.59. The molecule has 1 fully saturated rings. The first-order valence-corrected chi connectivity index (χ1v) is 13.2. The third-order valence-corrected chi connectivity index (χ3v) is 7.73. The number of ether oxygens (including phenoxy) is 1. The van der Waals surface area contributed by atoms with Gasteiger partial charge in [-0.25, -0.2) is 4.98 Å². The predicted octanol–water partition coefficient (Wildman–Crippen LogP) is 5.16. The molecule has 1 aromatic carbocycles. The number of imidazole rings is 1. The summed E-state index contributed by atoms with van der Waals surface area (Å²) in [6.45, 7) is 4.96. The van der Waals surface area contributed by atoms with Crippen molar-refractivity contribution in [2.75, 3.05) is 18.5 Å². The average molecular weight is 544 g/mol. The van der Waals surface area contributed by atoms with E-state index in [0.717, 1.165) is 31.1 Å². The predicted molar refractivity (Wildman–Crippen MR) is 140 cm³/mol. The van der Waals surface area contributed by atoms with E-state index >= 15 is 0 Å². The van der Waals surface area contributed by atoms with Gasteiger partial charge in [0.2, 0.25) is 0 Å². The molecule has 5 rings (SSSR count). The number of nitrogens with zero attached hydrogens (tertiary/aromatic N) is 3. The van der Waals surface area contributed by atoms with E-state index in [2.05, 4.69) is 15.6 Å². The number of halogens is 3. The van der Waals surface area contributed by atoms with E-state index in [1.165, 1.54) is 19.1 Å². The van der Waals surface area contributed by atoms with Gasteiger partial charge in [0.15, 0.2) is 0 Å². The second-order valence-corrected chi connectivity index (χ2v) is 10.3. The molecule has 2 unspecified atom stereocenters. The van der Waals surface area contributed by atoms with Crippen LogP contribution in [0, 0.1) is 6.92 Å². The number of carbonyl (C=O) groups is 1. The van der Waals surface area contributed by atoms with E-state index in [9.17, 15) is 22.8 Å². The fourth-order valence-electron chi connectivity index (χ4n) is 5.63. The maximum absolute atomic E-state index is 13.7. The van der Waals surface area contributed by atoms with Crippen LogP contribution in [0.3, 0.4) is 0 Å². The molecule has 2 aromatic heterocycles. The molecule has 8 nitrogen and oxygen atoms in total. The van der Waals surface area contributed by atoms with Gasteiger partial charge in [0.1, 0.15) is 0 Å². The lowest BCUT2D eigenvalue weighted by atomic mass is 9.97. The van der Waals surface area contributed by atoms with Crippen LogP contribution in [0.5, 0.6) is 0 Å². The van der Waals surface area contributed by atoms with Gasteiger partial charge in [-0.15, -0.1) is 0 Å². The number of carbonyl (C=O) groups excluding carboxylic acids is 1. The number of aryl methyl sites for hydroxylation is 1. The Bertz CT molecular complexity index is 1410. The highest BCUT2D eigenvalue weighted by Crippen LogP contribution is 2.35. The van der Waals surface area contributed by atoms with Crippen LogP contribution < -0.4 is 16.2 Å². The van der Waals surface area contributed by atoms with Gasteiger partial charge < -0.3 is 24.5 Å². The molecular formula is C28H32F3N5O3. The first kappa shape index (κ1) is 27.0. The molecule has 2 aliphatic rings. The fourth-order valence-corrected chi connectivity index (χ4v) is 5.63. The zero-order valence-corrected chi connectivity index (χ0v) is 21.9. The maximum atomic E-state index is 13.7. The van der Waals surface area contributed by atoms with Crippen molar-refractivity contribution in [1.29, 1.82) is 0 Å². The molecule has 11 heteroatoms. The summed E-state index contributed by atoms with van der Waals surface area (Å²) < 4.78 is 49.5. The average Bonchev–Trinajstić information content (AvgIpc) is 3.39. The molecule has 0 radical (unpaired) electrons. The van der Waals surface area contributed by atoms with Crippen LogP contribution in [0.2, 0.25) is 0 Å². The number of fused-ring (bicyclic) bond motifs is 1. The van der Waals surface area contributed by atoms with E-state index < -0.39 is 23.7 Å². The molecule has 3 aromatic rings. The van der Waals surface area contributed by atoms with Gasteiger partial charge in [0.05, 0.1) is 47.1 Å². The second-order valence-electron chi connectivity index (χ2n) is 10.3. The molecule has 0 spiro atoms. The first-order valence-electron chi connectivity index (χ1n) is 13.2. The summed E-state index contributed by atoms with van der Waals surface area (Å²) in [6, 6.07) is 4.46. The molecular weight excluding hydrogens is 511 g/mol. The van der Waals surface area contributed by atoms with E-state index in [1.54, 1.807) is 36.3 Å². The number of hydrogen-bond donors (Lipinski definition) is 2. The molecule has 0 bridgehead atoms. The molecule has 0 aliphatic carbocycles. The smallest absolute Gasteiger partial charge is 0.381 e. The van der Waals surface area contributed by atoms with Crippen molar-refractivity contribution in [3.63, 3.8) is 0 Å². The number of pyridine rings is 1. The Morgan fingerprint density at radius 2 is 1.97 bits per heavy atom. The third-order valence-electron chi connectivity index (χ3n) is 7.73. The van der Waals surface area contributed by atoms with E-state index in [0.29, 0.717) is 37.3 Å². The minimum absolute atomic E-state index is 0.0683. The molecule has 2 N–H and O–H groups in total. The lowest BCUT2D eigenvalue weighted by Crippen LogP contribution is -2.34. The summed E-state index contributed by atoms with van der Waals surface area (Å²) in [5.74, 6) is -0.480. The summed E-state index contributed by atoms with van der Waals surface area (Å²) >= 11 is 0. The molecule has 1 amide bonds. The number of anilines is 1. The number of benzene rings is 1. The van der Waals surface area contributed by atoms with Crippen molar-refractivity contribution in [1.82, 2.24) is 19.4 Å². The van der Waals surface area contributed by atoms with Crippen molar-refractivity contribution >= 4 is 11.6 Å². The number of alkyl halides is 3. The number of rotatable bonds is 6. The number of nitrogens with one attached hydrogen (secondary N) is 2. The van der Waals surface area contributed by atoms with Crippen LogP contribution in [0.15, 0.2) is 47.8 Å². The Morgan fingerprint density at radius 3 is 2.72 bits per heavy atom. The second kappa shape index (κ2) is 10.9. The van der Waals surface area contributed by atoms with Crippen LogP contribution >= 0.6 is 0 Å². The monoisotopic (exact) mass is 543 g/mol. The van der Waals surface area contributed by atoms with Crippen molar-refractivity contribution < 1.29 is 22.7 Å². The Kier molecular flexibility index (Phi) is 7.53. The van der Waals surface area contributed by atoms with E-state index in [1.807, 2.05) is 4.57 Å². The molecule has 39 heavy (non-hydrogen) atoms. The van der Waals surface area contributed by atoms with Crippen LogP contribution in [0.4, 0.5) is 18.9 Å². The minimum atomic E-state index is -4.49. The van der Waals surface area contributed by atoms with Gasteiger partial charge in [0.25, 0.3) is 11.5 Å². The number of aromatic nitrogens is 3. The lowest BCUT2D eigenvalue weighted by Gasteiger charge is -2.29. The van der Waals surface area contributed by atoms with Gasteiger partial charge in [-0.05, 0) is 56.7 Å². The highest BCUT2D eigenvalue weighted by molar-refractivity contribution is 5.99. The summed E-state index contributed by atoms with van der Waals surface area (Å²) in [4.78, 5) is 31.1. The maximum Gasteiger partial charge on any atom is 0.416 e. The van der Waals surface area contributed by atoms with Crippen LogP contribution in [0.1, 0.15) is 83.5 Å². The summed E-state index contributed by atoms with van der Waals surface area (Å²) in [7, 11) is 0. The quantitative estimate of drug-likeness (QED) is 0.448. The number of hydrogen-bond acceptors (Lipinski definition) is 5. The van der Waals surface area contributed by atoms with Gasteiger partial charge in [-0.1, -0.05) is 12.1 Å². The molecule has 1 saturated heterocycles. The largest absolute Gasteiger partial charge is 0.416 e. The molecule has 2 aliphatic heterocycles. The van der Waals surface area contributed by atoms with Crippen molar-refractivity contribution in [2.24, 2.45) is 0 Å². The van der Waals surface area contributed by atoms with E-state index in [-0.39, 0.29) is 28.8 Å². The van der Waals surface area contributed by atoms with Crippen molar-refractivity contribution in [3.05, 3.63) is 81.3 Å². The SMILES string of the molecule is Cc1c(C(C)NC(=O)c2cn(C3CCOCC3)c(=O)cc2NC2CCCn3cncc32)cccc1C(F)(F)F. The van der Waals surface area contributed by atoms with Gasteiger partial charge in [0, 0.05) is 38.1 Å². The topological polar surface area (TPSA) is 90.2 Å². The Labute approximate surface area is 224 Å². The highest BCUT2D eigenvalue weighted by Gasteiger charge is 2.33. The van der Waals surface area contributed by atoms with Gasteiger partial charge in [-0.2, -0.15) is 13.2 Å². The van der Waals surface area contributed by atoms with E-state index in [4.69, 9.17) is 4.74 Å². The Morgan fingerprint density at radius 1 is 1.21 bits per heavy atom. The normalized spacial score (nSPS) is 18.8. The van der Waals surface area contributed by atoms with Crippen LogP contribution in [-0.4, -0.2) is 33.2 Å². The minimum Gasteiger partial charge on any atom is -0.381 e. The number of amides is 1. The zero-order valence-electron chi connectivity index (χ0n) is 21.9. The van der Waals surface area contributed by atoms with Crippen molar-refractivity contribution in [3.8, 4) is 0 Å². The molecule has 0 saturated carbocycles. The molecule has 4 heterocycles. The van der Waals surface area contributed by atoms with Gasteiger partial charge >= 0.3 is 6.18 Å². The molecule has 208 valence electrons. The summed E-state index contributed by atoms with van der Waals surface area (Å²) in [5, 5.41) is 6.26. The highest BCUT2D eigenvalue weighted by atomic mass is 19.4. The standard InChI is InChI=1S/C28H32F3N5O3/c1-17-20(5-3-6-22(17)28(29,30)31)18(2)33-27(38)21-15-36(19-8-11-39-12-9-19)26(37)13-24(21)34-23-7-4-10-35-16-32-14-25(23)35/h3,5-6,13-16,18-19,23,34H,4,7-12H2,1-2H3,(H,33,38). The Hall–Kier alpha value is -3.60. The van der Waals surface area contributed by atoms with Crippen LogP contribution in [-0.2, 0) is 17.5 Å². The summed E-state index contributed by atoms with van der Waals surface area (Å²) in [5.41, 5.74) is 1.09. The fraction of sp³-hybridized carbons (Fsp3) is 0.464.